The van der Waals surface area contributed by atoms with Gasteiger partial charge in [0.1, 0.15) is 17.8 Å². The number of alkyl halides is 5. The quantitative estimate of drug-likeness (QED) is 0.219. The molecular formula is C29H30F5N9O5. The van der Waals surface area contributed by atoms with Crippen LogP contribution in [0.3, 0.4) is 0 Å². The number of aryl methyl sites for hydroxylation is 1. The lowest BCUT2D eigenvalue weighted by atomic mass is 9.74. The lowest BCUT2D eigenvalue weighted by molar-refractivity contribution is -0.155. The first-order valence-electron chi connectivity index (χ1n) is 15.4. The van der Waals surface area contributed by atoms with Gasteiger partial charge in [0, 0.05) is 25.7 Å². The van der Waals surface area contributed by atoms with Gasteiger partial charge in [0.25, 0.3) is 5.91 Å². The molecule has 3 aliphatic rings. The Balaban J connectivity index is 1.20. The summed E-state index contributed by atoms with van der Waals surface area (Å²) in [7, 11) is 0. The van der Waals surface area contributed by atoms with E-state index in [4.69, 9.17) is 9.05 Å². The summed E-state index contributed by atoms with van der Waals surface area (Å²) >= 11 is 0. The molecule has 1 aliphatic heterocycles. The second kappa shape index (κ2) is 11.6. The number of halogens is 5. The number of imidazole rings is 1. The molecule has 2 amide bonds. The number of carbonyl (C=O) groups is 2. The van der Waals surface area contributed by atoms with Crippen molar-refractivity contribution in [2.75, 3.05) is 0 Å². The van der Waals surface area contributed by atoms with Crippen LogP contribution in [0, 0.1) is 18.3 Å². The summed E-state index contributed by atoms with van der Waals surface area (Å²) in [6, 6.07) is -1.57. The van der Waals surface area contributed by atoms with Crippen LogP contribution < -0.4 is 10.6 Å². The van der Waals surface area contributed by atoms with Gasteiger partial charge in [-0.05, 0) is 61.2 Å². The second-order valence-electron chi connectivity index (χ2n) is 12.9. The van der Waals surface area contributed by atoms with Gasteiger partial charge in [0.15, 0.2) is 11.3 Å². The third-order valence-corrected chi connectivity index (χ3v) is 9.47. The third-order valence-electron chi connectivity index (χ3n) is 9.47. The highest BCUT2D eigenvalue weighted by atomic mass is 19.4. The zero-order valence-corrected chi connectivity index (χ0v) is 25.4. The Morgan fingerprint density at radius 2 is 1.94 bits per heavy atom. The van der Waals surface area contributed by atoms with Crippen molar-refractivity contribution >= 4 is 17.5 Å². The van der Waals surface area contributed by atoms with E-state index < -0.39 is 72.2 Å². The molecular weight excluding hydrogens is 649 g/mol. The van der Waals surface area contributed by atoms with Gasteiger partial charge in [-0.1, -0.05) is 5.16 Å². The van der Waals surface area contributed by atoms with E-state index >= 15 is 0 Å². The molecule has 0 spiro atoms. The fourth-order valence-corrected chi connectivity index (χ4v) is 6.71. The summed E-state index contributed by atoms with van der Waals surface area (Å²) in [5.74, 6) is -5.20. The molecule has 2 aliphatic carbocycles. The Kier molecular flexibility index (Phi) is 7.71. The normalized spacial score (nSPS) is 24.5. The van der Waals surface area contributed by atoms with Gasteiger partial charge in [-0.15, -0.1) is 10.2 Å². The van der Waals surface area contributed by atoms with Crippen molar-refractivity contribution in [2.24, 2.45) is 11.3 Å². The van der Waals surface area contributed by atoms with Gasteiger partial charge in [0.2, 0.25) is 23.6 Å². The monoisotopic (exact) mass is 679 g/mol. The minimum atomic E-state index is -4.79. The van der Waals surface area contributed by atoms with Gasteiger partial charge in [-0.25, -0.2) is 22.9 Å². The van der Waals surface area contributed by atoms with E-state index in [0.29, 0.717) is 11.4 Å². The van der Waals surface area contributed by atoms with Gasteiger partial charge < -0.3 is 20.2 Å². The number of aliphatic hydroxyl groups is 1. The third kappa shape index (κ3) is 5.99. The van der Waals surface area contributed by atoms with Gasteiger partial charge in [-0.3, -0.25) is 9.59 Å². The van der Waals surface area contributed by atoms with Crippen molar-refractivity contribution in [3.8, 4) is 0 Å². The summed E-state index contributed by atoms with van der Waals surface area (Å²) in [5, 5.41) is 35.4. The molecule has 0 radical (unpaired) electrons. The van der Waals surface area contributed by atoms with Gasteiger partial charge >= 0.3 is 6.18 Å². The van der Waals surface area contributed by atoms with Crippen molar-refractivity contribution in [2.45, 2.75) is 94.5 Å². The highest BCUT2D eigenvalue weighted by Crippen LogP contribution is 2.48. The summed E-state index contributed by atoms with van der Waals surface area (Å²) in [6.07, 6.45) is -3.92. The molecule has 256 valence electrons. The maximum atomic E-state index is 14.1. The first-order valence-corrected chi connectivity index (χ1v) is 15.4. The zero-order valence-electron chi connectivity index (χ0n) is 25.4. The number of hydrogen-bond acceptors (Lipinski definition) is 11. The molecule has 4 aromatic heterocycles. The summed E-state index contributed by atoms with van der Waals surface area (Å²) in [5.41, 5.74) is -0.844. The summed E-state index contributed by atoms with van der Waals surface area (Å²) in [4.78, 5) is 31.2. The largest absolute Gasteiger partial charge is 0.423 e. The predicted octanol–water partition coefficient (Wildman–Crippen LogP) is 3.69. The van der Waals surface area contributed by atoms with E-state index in [9.17, 15) is 36.6 Å². The molecule has 0 aromatic carbocycles. The van der Waals surface area contributed by atoms with Crippen LogP contribution in [0.25, 0.3) is 5.65 Å². The molecule has 14 nitrogen and oxygen atoms in total. The highest BCUT2D eigenvalue weighted by Gasteiger charge is 2.60. The molecule has 7 rings (SSSR count). The second-order valence-corrected chi connectivity index (χ2v) is 12.9. The fourth-order valence-electron chi connectivity index (χ4n) is 6.71. The maximum absolute atomic E-state index is 14.1. The number of nitrogens with one attached hydrogen (secondary N) is 2. The van der Waals surface area contributed by atoms with E-state index in [2.05, 4.69) is 35.9 Å². The van der Waals surface area contributed by atoms with Crippen LogP contribution in [0.1, 0.15) is 102 Å². The molecule has 3 N–H and O–H groups in total. The van der Waals surface area contributed by atoms with Gasteiger partial charge in [-0.2, -0.15) is 18.3 Å². The van der Waals surface area contributed by atoms with E-state index in [1.54, 1.807) is 0 Å². The topological polar surface area (TPSA) is 186 Å². The van der Waals surface area contributed by atoms with Crippen molar-refractivity contribution < 1.29 is 45.7 Å². The fraction of sp³-hybridized carbons (Fsp3) is 0.586. The Hall–Kier alpha value is -4.55. The Morgan fingerprint density at radius 3 is 2.58 bits per heavy atom. The van der Waals surface area contributed by atoms with E-state index in [0.717, 1.165) is 12.8 Å². The minimum Gasteiger partial charge on any atom is -0.423 e. The summed E-state index contributed by atoms with van der Waals surface area (Å²) in [6.45, 7) is 1.43. The molecule has 4 aromatic rings. The molecule has 0 bridgehead atoms. The van der Waals surface area contributed by atoms with Crippen molar-refractivity contribution in [1.82, 2.24) is 45.7 Å². The molecule has 0 unspecified atom stereocenters. The van der Waals surface area contributed by atoms with Crippen LogP contribution in [0.15, 0.2) is 27.5 Å². The lowest BCUT2D eigenvalue weighted by Gasteiger charge is -2.33. The number of aliphatic hydroxyl groups excluding tert-OH is 1. The number of fused-ring (bicyclic) bond motifs is 1. The van der Waals surface area contributed by atoms with Crippen LogP contribution >= 0.6 is 0 Å². The molecule has 19 heteroatoms. The van der Waals surface area contributed by atoms with Crippen molar-refractivity contribution in [3.05, 3.63) is 52.9 Å². The van der Waals surface area contributed by atoms with Gasteiger partial charge in [0.05, 0.1) is 29.5 Å². The molecule has 2 saturated carbocycles. The van der Waals surface area contributed by atoms with E-state index in [1.807, 2.05) is 5.32 Å². The maximum Gasteiger partial charge on any atom is 0.408 e. The number of aromatic nitrogens is 7. The Labute approximate surface area is 267 Å². The van der Waals surface area contributed by atoms with Crippen LogP contribution in [0.5, 0.6) is 0 Å². The smallest absolute Gasteiger partial charge is 0.408 e. The molecule has 48 heavy (non-hydrogen) atoms. The zero-order chi connectivity index (χ0) is 34.0. The average molecular weight is 680 g/mol. The van der Waals surface area contributed by atoms with Crippen LogP contribution in [0.4, 0.5) is 22.0 Å². The Bertz CT molecular complexity index is 1840. The SMILES string of the molecule is Cc1nnc([C@H](O)[C@]2(Cc3cnn4cc([C@@H](NC(=O)c5nonc5C5CC5)C5CCC(F)(F)CC5)nc4c3)C[C@@H](C(F)(F)F)NC2=O)o1. The van der Waals surface area contributed by atoms with Crippen molar-refractivity contribution in [1.29, 1.82) is 0 Å². The van der Waals surface area contributed by atoms with E-state index in [-0.39, 0.29) is 54.4 Å². The summed E-state index contributed by atoms with van der Waals surface area (Å²) < 4.78 is 80.9. The highest BCUT2D eigenvalue weighted by molar-refractivity contribution is 5.93. The first-order chi connectivity index (χ1) is 22.7. The molecule has 1 saturated heterocycles. The van der Waals surface area contributed by atoms with E-state index in [1.165, 1.54) is 29.9 Å². The van der Waals surface area contributed by atoms with Crippen LogP contribution in [0.2, 0.25) is 0 Å². The Morgan fingerprint density at radius 1 is 1.19 bits per heavy atom. The molecule has 3 fully saturated rings. The van der Waals surface area contributed by atoms with Crippen molar-refractivity contribution in [3.63, 3.8) is 0 Å². The predicted molar refractivity (Wildman–Crippen MR) is 149 cm³/mol. The number of hydrogen-bond donors (Lipinski definition) is 3. The molecule has 5 heterocycles. The molecule has 4 atom stereocenters. The number of rotatable bonds is 9. The number of amides is 2. The lowest BCUT2D eigenvalue weighted by Crippen LogP contribution is -2.40. The number of nitrogens with zero attached hydrogens (tertiary/aromatic N) is 7. The van der Waals surface area contributed by atoms with Crippen LogP contribution in [-0.4, -0.2) is 70.2 Å². The van der Waals surface area contributed by atoms with Crippen LogP contribution in [-0.2, 0) is 11.2 Å². The minimum absolute atomic E-state index is 0.0140. The number of carbonyl (C=O) groups excluding carboxylic acids is 2. The average Bonchev–Trinajstić information content (AvgIpc) is 3.36. The standard InChI is InChI=1S/C29H30F5N9O5/c1-13-39-40-25(47-13)23(44)27(10-18(29(32,33)34)37-26(27)46)9-14-8-19-36-17(12-43(19)35-11-14)20(16-4-6-28(30,31)7-5-16)38-24(45)22-21(15-2-3-15)41-48-42-22/h8,11-12,15-16,18,20,23,44H,2-7,9-10H2,1H3,(H,37,46)(H,38,45)/t18-,20-,23-,27-/m0/s1. The first kappa shape index (κ1) is 32.0.